The molecule has 0 spiro atoms. The second-order valence-corrected chi connectivity index (χ2v) is 9.75. The minimum atomic E-state index is -3.80. The zero-order valence-electron chi connectivity index (χ0n) is 18.1. The quantitative estimate of drug-likeness (QED) is 0.456. The summed E-state index contributed by atoms with van der Waals surface area (Å²) in [5.41, 5.74) is 1.04. The minimum absolute atomic E-state index is 0.0587. The fraction of sp³-hybridized carbons (Fsp3) is 0.429. The lowest BCUT2D eigenvalue weighted by Crippen LogP contribution is -2.47. The highest BCUT2D eigenvalue weighted by Crippen LogP contribution is 2.35. The molecule has 0 radical (unpaired) electrons. The Bertz CT molecular complexity index is 1120. The third-order valence-electron chi connectivity index (χ3n) is 5.78. The lowest BCUT2D eigenvalue weighted by molar-refractivity contribution is -0.384. The Morgan fingerprint density at radius 2 is 1.78 bits per heavy atom. The summed E-state index contributed by atoms with van der Waals surface area (Å²) in [4.78, 5) is 15.2. The number of nitro groups is 1. The summed E-state index contributed by atoms with van der Waals surface area (Å²) in [7, 11) is -1.87. The lowest BCUT2D eigenvalue weighted by atomic mass is 10.1. The number of nitro benzene ring substituents is 1. The van der Waals surface area contributed by atoms with Crippen molar-refractivity contribution in [2.45, 2.75) is 18.4 Å². The molecule has 2 aromatic rings. The molecule has 2 heterocycles. The maximum atomic E-state index is 13.1. The zero-order chi connectivity index (χ0) is 22.9. The Hall–Kier alpha value is -2.89. The van der Waals surface area contributed by atoms with Crippen LogP contribution in [0.2, 0.25) is 0 Å². The molecule has 0 bridgehead atoms. The number of hydrogen-bond donors (Lipinski definition) is 0. The highest BCUT2D eigenvalue weighted by atomic mass is 32.2. The Balaban J connectivity index is 1.62. The van der Waals surface area contributed by atoms with Crippen molar-refractivity contribution in [2.24, 2.45) is 0 Å². The van der Waals surface area contributed by atoms with Crippen molar-refractivity contribution in [2.75, 3.05) is 51.5 Å². The van der Waals surface area contributed by atoms with Gasteiger partial charge in [-0.3, -0.25) is 10.1 Å². The van der Waals surface area contributed by atoms with E-state index in [0.29, 0.717) is 56.5 Å². The van der Waals surface area contributed by atoms with E-state index in [9.17, 15) is 18.5 Å². The number of fused-ring (bicyclic) bond motifs is 1. The molecule has 4 rings (SSSR count). The van der Waals surface area contributed by atoms with Crippen LogP contribution in [0.25, 0.3) is 0 Å². The molecular weight excluding hydrogens is 436 g/mol. The largest absolute Gasteiger partial charge is 0.454 e. The van der Waals surface area contributed by atoms with Crippen LogP contribution >= 0.6 is 0 Å². The number of ether oxygens (including phenoxy) is 2. The van der Waals surface area contributed by atoms with Crippen LogP contribution in [-0.4, -0.2) is 69.1 Å². The highest BCUT2D eigenvalue weighted by Gasteiger charge is 2.30. The number of hydrogen-bond acceptors (Lipinski definition) is 8. The molecule has 2 aliphatic rings. The maximum absolute atomic E-state index is 13.1. The van der Waals surface area contributed by atoms with Gasteiger partial charge in [0, 0.05) is 45.3 Å². The van der Waals surface area contributed by atoms with Crippen LogP contribution in [0.5, 0.6) is 11.5 Å². The fourth-order valence-corrected chi connectivity index (χ4v) is 5.32. The van der Waals surface area contributed by atoms with Gasteiger partial charge in [0.25, 0.3) is 5.69 Å². The molecule has 1 fully saturated rings. The molecule has 0 saturated carbocycles. The Labute approximate surface area is 187 Å². The number of sulfonamides is 1. The topological polar surface area (TPSA) is 105 Å². The number of anilines is 1. The van der Waals surface area contributed by atoms with E-state index in [0.717, 1.165) is 5.56 Å². The summed E-state index contributed by atoms with van der Waals surface area (Å²) in [5.74, 6) is 1.31. The maximum Gasteiger partial charge on any atom is 0.293 e. The molecule has 1 saturated heterocycles. The molecule has 0 unspecified atom stereocenters. The average molecular weight is 463 g/mol. The monoisotopic (exact) mass is 462 g/mol. The zero-order valence-corrected chi connectivity index (χ0v) is 18.9. The molecule has 0 aromatic heterocycles. The highest BCUT2D eigenvalue weighted by molar-refractivity contribution is 7.89. The standard InChI is InChI=1S/C21H26N4O6S/c1-3-23(14-16-4-7-20-21(12-16)31-15-30-20)18-6-5-17(13-19(18)25(26)27)32(28,29)24-10-8-22(2)9-11-24/h4-7,12-13H,3,8-11,14-15H2,1-2H3. The van der Waals surface area contributed by atoms with Crippen LogP contribution in [0.15, 0.2) is 41.3 Å². The van der Waals surface area contributed by atoms with E-state index >= 15 is 0 Å². The van der Waals surface area contributed by atoms with Gasteiger partial charge in [-0.2, -0.15) is 4.31 Å². The van der Waals surface area contributed by atoms with E-state index in [2.05, 4.69) is 0 Å². The first-order chi connectivity index (χ1) is 15.3. The van der Waals surface area contributed by atoms with Crippen LogP contribution in [-0.2, 0) is 16.6 Å². The average Bonchev–Trinajstić information content (AvgIpc) is 3.25. The third-order valence-corrected chi connectivity index (χ3v) is 7.67. The van der Waals surface area contributed by atoms with Crippen LogP contribution in [0, 0.1) is 10.1 Å². The molecule has 10 nitrogen and oxygen atoms in total. The van der Waals surface area contributed by atoms with Crippen molar-refractivity contribution in [3.8, 4) is 11.5 Å². The summed E-state index contributed by atoms with van der Waals surface area (Å²) < 4.78 is 38.3. The molecule has 11 heteroatoms. The summed E-state index contributed by atoms with van der Waals surface area (Å²) in [5, 5.41) is 11.9. The summed E-state index contributed by atoms with van der Waals surface area (Å²) in [6.07, 6.45) is 0. The number of nitrogens with zero attached hydrogens (tertiary/aromatic N) is 4. The molecule has 0 atom stereocenters. The predicted octanol–water partition coefficient (Wildman–Crippen LogP) is 2.29. The summed E-state index contributed by atoms with van der Waals surface area (Å²) in [6, 6.07) is 9.70. The Morgan fingerprint density at radius 3 is 2.47 bits per heavy atom. The molecule has 172 valence electrons. The van der Waals surface area contributed by atoms with Crippen molar-refractivity contribution >= 4 is 21.4 Å². The number of benzene rings is 2. The number of rotatable bonds is 7. The van der Waals surface area contributed by atoms with Crippen molar-refractivity contribution < 1.29 is 22.8 Å². The van der Waals surface area contributed by atoms with Gasteiger partial charge in [0.2, 0.25) is 16.8 Å². The predicted molar refractivity (Wildman–Crippen MR) is 119 cm³/mol. The minimum Gasteiger partial charge on any atom is -0.454 e. The molecule has 0 aliphatic carbocycles. The molecular formula is C21H26N4O6S. The van der Waals surface area contributed by atoms with Gasteiger partial charge in [0.05, 0.1) is 9.82 Å². The van der Waals surface area contributed by atoms with Crippen molar-refractivity contribution in [3.63, 3.8) is 0 Å². The number of piperazine rings is 1. The molecule has 2 aliphatic heterocycles. The second-order valence-electron chi connectivity index (χ2n) is 7.82. The van der Waals surface area contributed by atoms with E-state index in [1.165, 1.54) is 22.5 Å². The summed E-state index contributed by atoms with van der Waals surface area (Å²) >= 11 is 0. The molecule has 0 N–H and O–H groups in total. The lowest BCUT2D eigenvalue weighted by Gasteiger charge is -2.31. The Kier molecular flexibility index (Phi) is 6.22. The van der Waals surface area contributed by atoms with Crippen molar-refractivity contribution in [3.05, 3.63) is 52.1 Å². The van der Waals surface area contributed by atoms with Crippen molar-refractivity contribution in [1.29, 1.82) is 0 Å². The van der Waals surface area contributed by atoms with Gasteiger partial charge in [-0.15, -0.1) is 0 Å². The van der Waals surface area contributed by atoms with Crippen molar-refractivity contribution in [1.82, 2.24) is 9.21 Å². The normalized spacial score (nSPS) is 16.8. The number of likely N-dealkylation sites (N-methyl/N-ethyl adjacent to an activating group) is 1. The molecule has 0 amide bonds. The first-order valence-corrected chi connectivity index (χ1v) is 11.8. The first kappa shape index (κ1) is 22.3. The van der Waals surface area contributed by atoms with E-state index in [1.807, 2.05) is 42.0 Å². The smallest absolute Gasteiger partial charge is 0.293 e. The second kappa shape index (κ2) is 8.93. The van der Waals surface area contributed by atoms with Crippen LogP contribution in [0.1, 0.15) is 12.5 Å². The fourth-order valence-electron chi connectivity index (χ4n) is 3.88. The van der Waals surface area contributed by atoms with Gasteiger partial charge in [-0.05, 0) is 43.8 Å². The van der Waals surface area contributed by atoms with E-state index in [1.54, 1.807) is 0 Å². The summed E-state index contributed by atoms with van der Waals surface area (Å²) in [6.45, 7) is 4.94. The van der Waals surface area contributed by atoms with E-state index < -0.39 is 14.9 Å². The van der Waals surface area contributed by atoms with Gasteiger partial charge < -0.3 is 19.3 Å². The van der Waals surface area contributed by atoms with E-state index in [4.69, 9.17) is 9.47 Å². The first-order valence-electron chi connectivity index (χ1n) is 10.4. The van der Waals surface area contributed by atoms with Crippen LogP contribution < -0.4 is 14.4 Å². The SMILES string of the molecule is CCN(Cc1ccc2c(c1)OCO2)c1ccc(S(=O)(=O)N2CCN(C)CC2)cc1[N+](=O)[O-]. The van der Waals surface area contributed by atoms with E-state index in [-0.39, 0.29) is 17.4 Å². The van der Waals surface area contributed by atoms with Crippen LogP contribution in [0.3, 0.4) is 0 Å². The van der Waals surface area contributed by atoms with Gasteiger partial charge in [0.1, 0.15) is 5.69 Å². The van der Waals surface area contributed by atoms with Gasteiger partial charge in [-0.1, -0.05) is 6.07 Å². The Morgan fingerprint density at radius 1 is 1.06 bits per heavy atom. The molecule has 32 heavy (non-hydrogen) atoms. The third kappa shape index (κ3) is 4.36. The van der Waals surface area contributed by atoms with Crippen LogP contribution in [0.4, 0.5) is 11.4 Å². The van der Waals surface area contributed by atoms with Gasteiger partial charge in [0.15, 0.2) is 11.5 Å². The van der Waals surface area contributed by atoms with Gasteiger partial charge >= 0.3 is 0 Å². The molecule has 2 aromatic carbocycles. The van der Waals surface area contributed by atoms with Gasteiger partial charge in [-0.25, -0.2) is 8.42 Å².